The highest BCUT2D eigenvalue weighted by Gasteiger charge is 2.17. The number of rotatable bonds is 5. The Balaban J connectivity index is 1.61. The van der Waals surface area contributed by atoms with Gasteiger partial charge in [-0.3, -0.25) is 9.48 Å². The van der Waals surface area contributed by atoms with Crippen molar-refractivity contribution >= 4 is 12.0 Å². The van der Waals surface area contributed by atoms with Crippen molar-refractivity contribution in [2.24, 2.45) is 7.05 Å². The molecule has 4 rings (SSSR count). The van der Waals surface area contributed by atoms with Crippen LogP contribution >= 0.6 is 0 Å². The fraction of sp³-hybridized carbons (Fsp3) is 0.227. The number of nitrogens with one attached hydrogen (secondary N) is 1. The van der Waals surface area contributed by atoms with Crippen molar-refractivity contribution in [3.63, 3.8) is 0 Å². The standard InChI is InChI=1S/C22H20N4O4/c1-26-14-17(10-16(12-23)22(27)24-13-18-4-2-7-28-18)21(25-26)15-5-6-19-20(11-15)30-9-3-8-29-19/h2,4-7,10-11,14H,3,8-9,13H2,1H3,(H,24,27)/b16-10+. The first-order chi connectivity index (χ1) is 14.6. The summed E-state index contributed by atoms with van der Waals surface area (Å²) in [6.07, 6.45) is 5.64. The van der Waals surface area contributed by atoms with Crippen LogP contribution in [0.4, 0.5) is 0 Å². The summed E-state index contributed by atoms with van der Waals surface area (Å²) in [6, 6.07) is 11.0. The Hall–Kier alpha value is -3.99. The maximum atomic E-state index is 12.5. The lowest BCUT2D eigenvalue weighted by Crippen LogP contribution is -2.23. The lowest BCUT2D eigenvalue weighted by Gasteiger charge is -2.09. The number of aryl methyl sites for hydroxylation is 1. The summed E-state index contributed by atoms with van der Waals surface area (Å²) in [6.45, 7) is 1.40. The third kappa shape index (κ3) is 4.20. The summed E-state index contributed by atoms with van der Waals surface area (Å²) in [5.74, 6) is 1.47. The van der Waals surface area contributed by atoms with E-state index in [1.54, 1.807) is 30.1 Å². The minimum absolute atomic E-state index is 0.0230. The van der Waals surface area contributed by atoms with Crippen molar-refractivity contribution in [3.05, 3.63) is 59.7 Å². The van der Waals surface area contributed by atoms with E-state index in [4.69, 9.17) is 13.9 Å². The molecule has 8 heteroatoms. The fourth-order valence-electron chi connectivity index (χ4n) is 3.13. The van der Waals surface area contributed by atoms with Crippen LogP contribution in [0.5, 0.6) is 11.5 Å². The lowest BCUT2D eigenvalue weighted by molar-refractivity contribution is -0.117. The molecule has 2 aromatic heterocycles. The van der Waals surface area contributed by atoms with Crippen molar-refractivity contribution < 1.29 is 18.7 Å². The van der Waals surface area contributed by atoms with Gasteiger partial charge in [0.05, 0.1) is 31.7 Å². The number of aromatic nitrogens is 2. The Kier molecular flexibility index (Phi) is 5.52. The first-order valence-corrected chi connectivity index (χ1v) is 9.50. The Morgan fingerprint density at radius 2 is 2.13 bits per heavy atom. The summed E-state index contributed by atoms with van der Waals surface area (Å²) in [7, 11) is 1.78. The molecule has 1 aliphatic rings. The Labute approximate surface area is 173 Å². The molecule has 1 amide bonds. The summed E-state index contributed by atoms with van der Waals surface area (Å²) >= 11 is 0. The maximum Gasteiger partial charge on any atom is 0.262 e. The normalized spacial score (nSPS) is 13.4. The van der Waals surface area contributed by atoms with Crippen LogP contribution in [0.15, 0.2) is 52.8 Å². The molecule has 0 aliphatic carbocycles. The van der Waals surface area contributed by atoms with E-state index in [-0.39, 0.29) is 12.1 Å². The predicted octanol–water partition coefficient (Wildman–Crippen LogP) is 3.06. The summed E-state index contributed by atoms with van der Waals surface area (Å²) in [5.41, 5.74) is 2.07. The van der Waals surface area contributed by atoms with Crippen molar-refractivity contribution in [2.75, 3.05) is 13.2 Å². The van der Waals surface area contributed by atoms with E-state index in [0.29, 0.717) is 41.7 Å². The number of carbonyl (C=O) groups excluding carboxylic acids is 1. The smallest absolute Gasteiger partial charge is 0.262 e. The van der Waals surface area contributed by atoms with E-state index in [1.807, 2.05) is 24.3 Å². The number of amides is 1. The van der Waals surface area contributed by atoms with Gasteiger partial charge >= 0.3 is 0 Å². The number of hydrogen-bond donors (Lipinski definition) is 1. The lowest BCUT2D eigenvalue weighted by atomic mass is 10.1. The minimum Gasteiger partial charge on any atom is -0.490 e. The van der Waals surface area contributed by atoms with Crippen molar-refractivity contribution in [3.8, 4) is 28.8 Å². The molecule has 0 radical (unpaired) electrons. The molecule has 1 aromatic carbocycles. The zero-order valence-electron chi connectivity index (χ0n) is 16.4. The van der Waals surface area contributed by atoms with Crippen molar-refractivity contribution in [1.82, 2.24) is 15.1 Å². The van der Waals surface area contributed by atoms with E-state index in [2.05, 4.69) is 10.4 Å². The van der Waals surface area contributed by atoms with Crippen LogP contribution in [-0.2, 0) is 18.4 Å². The van der Waals surface area contributed by atoms with Crippen LogP contribution in [0.2, 0.25) is 0 Å². The highest BCUT2D eigenvalue weighted by molar-refractivity contribution is 6.02. The number of ether oxygens (including phenoxy) is 2. The number of fused-ring (bicyclic) bond motifs is 1. The number of nitrogens with zero attached hydrogens (tertiary/aromatic N) is 3. The van der Waals surface area contributed by atoms with Gasteiger partial charge in [-0.25, -0.2) is 0 Å². The molecule has 3 heterocycles. The molecule has 0 saturated carbocycles. The van der Waals surface area contributed by atoms with E-state index in [9.17, 15) is 10.1 Å². The maximum absolute atomic E-state index is 12.5. The average Bonchev–Trinajstić information content (AvgIpc) is 3.33. The highest BCUT2D eigenvalue weighted by Crippen LogP contribution is 2.35. The molecule has 0 unspecified atom stereocenters. The Bertz CT molecular complexity index is 1120. The van der Waals surface area contributed by atoms with Gasteiger partial charge in [0, 0.05) is 30.8 Å². The molecule has 1 aliphatic heterocycles. The van der Waals surface area contributed by atoms with Crippen LogP contribution in [0.1, 0.15) is 17.7 Å². The Morgan fingerprint density at radius 1 is 1.30 bits per heavy atom. The molecule has 8 nitrogen and oxygen atoms in total. The first kappa shape index (κ1) is 19.3. The molecule has 3 aromatic rings. The van der Waals surface area contributed by atoms with Gasteiger partial charge in [-0.1, -0.05) is 0 Å². The van der Waals surface area contributed by atoms with Crippen molar-refractivity contribution in [1.29, 1.82) is 5.26 Å². The van der Waals surface area contributed by atoms with Gasteiger partial charge in [0.1, 0.15) is 17.4 Å². The monoisotopic (exact) mass is 404 g/mol. The minimum atomic E-state index is -0.484. The number of benzene rings is 1. The van der Waals surface area contributed by atoms with Gasteiger partial charge in [0.25, 0.3) is 5.91 Å². The molecule has 1 N–H and O–H groups in total. The first-order valence-electron chi connectivity index (χ1n) is 9.50. The average molecular weight is 404 g/mol. The molecular weight excluding hydrogens is 384 g/mol. The third-order valence-corrected chi connectivity index (χ3v) is 4.55. The number of carbonyl (C=O) groups is 1. The summed E-state index contributed by atoms with van der Waals surface area (Å²) in [5, 5.41) is 16.7. The van der Waals surface area contributed by atoms with E-state index >= 15 is 0 Å². The summed E-state index contributed by atoms with van der Waals surface area (Å²) in [4.78, 5) is 12.5. The number of hydrogen-bond acceptors (Lipinski definition) is 6. The van der Waals surface area contributed by atoms with E-state index in [0.717, 1.165) is 12.0 Å². The molecule has 30 heavy (non-hydrogen) atoms. The van der Waals surface area contributed by atoms with Gasteiger partial charge < -0.3 is 19.2 Å². The van der Waals surface area contributed by atoms with Crippen LogP contribution in [-0.4, -0.2) is 28.9 Å². The number of nitriles is 1. The second-order valence-electron chi connectivity index (χ2n) is 6.75. The van der Waals surface area contributed by atoms with Gasteiger partial charge in [-0.05, 0) is 36.4 Å². The molecular formula is C22H20N4O4. The SMILES string of the molecule is Cn1cc(/C=C(\C#N)C(=O)NCc2ccco2)c(-c2ccc3c(c2)OCCCO3)n1. The molecule has 0 spiro atoms. The summed E-state index contributed by atoms with van der Waals surface area (Å²) < 4.78 is 18.3. The van der Waals surface area contributed by atoms with Crippen molar-refractivity contribution in [2.45, 2.75) is 13.0 Å². The van der Waals surface area contributed by atoms with Crippen LogP contribution in [0.25, 0.3) is 17.3 Å². The second-order valence-corrected chi connectivity index (χ2v) is 6.75. The second kappa shape index (κ2) is 8.57. The molecule has 0 bridgehead atoms. The quantitative estimate of drug-likeness (QED) is 0.518. The van der Waals surface area contributed by atoms with Gasteiger partial charge in [0.15, 0.2) is 11.5 Å². The zero-order chi connectivity index (χ0) is 20.9. The third-order valence-electron chi connectivity index (χ3n) is 4.55. The topological polar surface area (TPSA) is 102 Å². The largest absolute Gasteiger partial charge is 0.490 e. The predicted molar refractivity (Wildman–Crippen MR) is 108 cm³/mol. The number of furan rings is 1. The zero-order valence-corrected chi connectivity index (χ0v) is 16.4. The van der Waals surface area contributed by atoms with Crippen LogP contribution < -0.4 is 14.8 Å². The van der Waals surface area contributed by atoms with Crippen LogP contribution in [0, 0.1) is 11.3 Å². The van der Waals surface area contributed by atoms with Gasteiger partial charge in [0.2, 0.25) is 0 Å². The van der Waals surface area contributed by atoms with Gasteiger partial charge in [-0.2, -0.15) is 10.4 Å². The van der Waals surface area contributed by atoms with Crippen LogP contribution in [0.3, 0.4) is 0 Å². The molecule has 0 saturated heterocycles. The van der Waals surface area contributed by atoms with E-state index in [1.165, 1.54) is 12.3 Å². The Morgan fingerprint density at radius 3 is 2.90 bits per heavy atom. The fourth-order valence-corrected chi connectivity index (χ4v) is 3.13. The van der Waals surface area contributed by atoms with E-state index < -0.39 is 5.91 Å². The molecule has 152 valence electrons. The molecule has 0 fully saturated rings. The molecule has 0 atom stereocenters. The highest BCUT2D eigenvalue weighted by atomic mass is 16.5. The van der Waals surface area contributed by atoms with Gasteiger partial charge in [-0.15, -0.1) is 0 Å².